The summed E-state index contributed by atoms with van der Waals surface area (Å²) in [5.74, 6) is -0.102. The number of esters is 1. The first kappa shape index (κ1) is 12.1. The largest absolute Gasteiger partial charge is 0.460 e. The molecule has 0 spiro atoms. The van der Waals surface area contributed by atoms with Gasteiger partial charge in [0.25, 0.3) is 0 Å². The highest BCUT2D eigenvalue weighted by Crippen LogP contribution is 2.31. The molecule has 1 fully saturated rings. The van der Waals surface area contributed by atoms with Crippen molar-refractivity contribution < 1.29 is 9.53 Å². The van der Waals surface area contributed by atoms with Gasteiger partial charge in [0.2, 0.25) is 0 Å². The van der Waals surface area contributed by atoms with Crippen LogP contribution in [0.4, 0.5) is 0 Å². The first-order valence-electron chi connectivity index (χ1n) is 6.09. The summed E-state index contributed by atoms with van der Waals surface area (Å²) >= 11 is 0. The summed E-state index contributed by atoms with van der Waals surface area (Å²) < 4.78 is 5.32. The third kappa shape index (κ3) is 2.67. The number of hydrogen-bond acceptors (Lipinski definition) is 3. The summed E-state index contributed by atoms with van der Waals surface area (Å²) in [5, 5.41) is 0. The summed E-state index contributed by atoms with van der Waals surface area (Å²) in [6, 6.07) is 10.5. The summed E-state index contributed by atoms with van der Waals surface area (Å²) in [5.41, 5.74) is 1.03. The Morgan fingerprint density at radius 1 is 1.35 bits per heavy atom. The molecule has 0 saturated carbocycles. The van der Waals surface area contributed by atoms with Gasteiger partial charge >= 0.3 is 5.97 Å². The molecule has 3 atom stereocenters. The van der Waals surface area contributed by atoms with Crippen LogP contribution in [0.15, 0.2) is 30.3 Å². The highest BCUT2D eigenvalue weighted by Gasteiger charge is 2.51. The predicted molar refractivity (Wildman–Crippen MR) is 66.5 cm³/mol. The predicted octanol–water partition coefficient (Wildman–Crippen LogP) is 2.21. The minimum atomic E-state index is -0.102. The number of ether oxygens (including phenoxy) is 1. The van der Waals surface area contributed by atoms with Crippen LogP contribution in [0.1, 0.15) is 26.3 Å². The fourth-order valence-corrected chi connectivity index (χ4v) is 2.30. The smallest absolute Gasteiger partial charge is 0.325 e. The molecule has 0 amide bonds. The van der Waals surface area contributed by atoms with Gasteiger partial charge in [0.05, 0.1) is 0 Å². The minimum absolute atomic E-state index is 0.0429. The van der Waals surface area contributed by atoms with Crippen LogP contribution >= 0.6 is 0 Å². The molecule has 1 heterocycles. The Hall–Kier alpha value is -1.35. The molecule has 1 unspecified atom stereocenters. The second-order valence-corrected chi connectivity index (χ2v) is 4.82. The highest BCUT2D eigenvalue weighted by atomic mass is 16.5. The summed E-state index contributed by atoms with van der Waals surface area (Å²) in [4.78, 5) is 14.0. The lowest BCUT2D eigenvalue weighted by atomic mass is 10.2. The van der Waals surface area contributed by atoms with Gasteiger partial charge in [0, 0.05) is 12.1 Å². The average Bonchev–Trinajstić information content (AvgIpc) is 2.99. The zero-order chi connectivity index (χ0) is 12.4. The summed E-state index contributed by atoms with van der Waals surface area (Å²) in [7, 11) is 0. The number of rotatable bonds is 4. The molecule has 92 valence electrons. The van der Waals surface area contributed by atoms with Gasteiger partial charge in [-0.1, -0.05) is 30.3 Å². The van der Waals surface area contributed by atoms with Gasteiger partial charge in [-0.3, -0.25) is 9.69 Å². The molecule has 1 aromatic rings. The van der Waals surface area contributed by atoms with Crippen LogP contribution in [-0.2, 0) is 16.1 Å². The van der Waals surface area contributed by atoms with E-state index in [2.05, 4.69) is 25.7 Å². The van der Waals surface area contributed by atoms with E-state index in [1.165, 1.54) is 0 Å². The molecule has 0 aromatic heterocycles. The lowest BCUT2D eigenvalue weighted by Gasteiger charge is -2.07. The van der Waals surface area contributed by atoms with Gasteiger partial charge in [0.1, 0.15) is 12.6 Å². The van der Waals surface area contributed by atoms with E-state index < -0.39 is 0 Å². The van der Waals surface area contributed by atoms with E-state index in [1.807, 2.05) is 30.3 Å². The maximum absolute atomic E-state index is 11.8. The van der Waals surface area contributed by atoms with Crippen LogP contribution in [0.25, 0.3) is 0 Å². The lowest BCUT2D eigenvalue weighted by Crippen LogP contribution is -2.20. The van der Waals surface area contributed by atoms with Crippen LogP contribution < -0.4 is 0 Å². The Bertz CT molecular complexity index is 388. The minimum Gasteiger partial charge on any atom is -0.460 e. The third-order valence-corrected chi connectivity index (χ3v) is 3.22. The highest BCUT2D eigenvalue weighted by molar-refractivity contribution is 5.80. The number of benzene rings is 1. The van der Waals surface area contributed by atoms with E-state index >= 15 is 0 Å². The molecular formula is C14H19NO2. The average molecular weight is 233 g/mol. The van der Waals surface area contributed by atoms with E-state index in [4.69, 9.17) is 4.74 Å². The molecule has 1 aliphatic rings. The van der Waals surface area contributed by atoms with Crippen molar-refractivity contribution in [3.63, 3.8) is 0 Å². The maximum atomic E-state index is 11.8. The molecule has 0 radical (unpaired) electrons. The van der Waals surface area contributed by atoms with Gasteiger partial charge in [0.15, 0.2) is 0 Å². The second kappa shape index (κ2) is 4.88. The Balaban J connectivity index is 1.83. The van der Waals surface area contributed by atoms with Crippen molar-refractivity contribution in [3.05, 3.63) is 35.9 Å². The van der Waals surface area contributed by atoms with Crippen molar-refractivity contribution in [2.75, 3.05) is 0 Å². The van der Waals surface area contributed by atoms with Gasteiger partial charge in [-0.05, 0) is 26.3 Å². The van der Waals surface area contributed by atoms with Gasteiger partial charge < -0.3 is 4.74 Å². The van der Waals surface area contributed by atoms with Crippen LogP contribution in [0.3, 0.4) is 0 Å². The van der Waals surface area contributed by atoms with Crippen molar-refractivity contribution in [1.29, 1.82) is 0 Å². The van der Waals surface area contributed by atoms with Crippen molar-refractivity contribution in [1.82, 2.24) is 4.90 Å². The fraction of sp³-hybridized carbons (Fsp3) is 0.500. The maximum Gasteiger partial charge on any atom is 0.325 e. The molecular weight excluding hydrogens is 214 g/mol. The number of nitrogens with zero attached hydrogens (tertiary/aromatic N) is 1. The summed E-state index contributed by atoms with van der Waals surface area (Å²) in [6.07, 6.45) is 0. The topological polar surface area (TPSA) is 29.3 Å². The SMILES string of the molecule is CC(C)N1[C@H](C(=O)OCc2ccccc2)[C@@H]1C. The Morgan fingerprint density at radius 2 is 2.00 bits per heavy atom. The molecule has 3 nitrogen and oxygen atoms in total. The van der Waals surface area contributed by atoms with Gasteiger partial charge in [-0.15, -0.1) is 0 Å². The quantitative estimate of drug-likeness (QED) is 0.590. The molecule has 17 heavy (non-hydrogen) atoms. The van der Waals surface area contributed by atoms with Crippen molar-refractivity contribution in [2.45, 2.75) is 45.5 Å². The molecule has 0 aliphatic carbocycles. The van der Waals surface area contributed by atoms with E-state index in [0.717, 1.165) is 5.56 Å². The first-order chi connectivity index (χ1) is 8.11. The number of hydrogen-bond donors (Lipinski definition) is 0. The lowest BCUT2D eigenvalue weighted by molar-refractivity contribution is -0.145. The van der Waals surface area contributed by atoms with E-state index in [-0.39, 0.29) is 12.0 Å². The second-order valence-electron chi connectivity index (χ2n) is 4.82. The van der Waals surface area contributed by atoms with Gasteiger partial charge in [-0.2, -0.15) is 0 Å². The van der Waals surface area contributed by atoms with E-state index in [9.17, 15) is 4.79 Å². The van der Waals surface area contributed by atoms with E-state index in [0.29, 0.717) is 18.7 Å². The van der Waals surface area contributed by atoms with Gasteiger partial charge in [-0.25, -0.2) is 0 Å². The normalized spacial score (nSPS) is 26.9. The third-order valence-electron chi connectivity index (χ3n) is 3.22. The monoisotopic (exact) mass is 233 g/mol. The van der Waals surface area contributed by atoms with Crippen LogP contribution in [-0.4, -0.2) is 29.0 Å². The Labute approximate surface area is 102 Å². The number of carbonyl (C=O) groups is 1. The Morgan fingerprint density at radius 3 is 2.53 bits per heavy atom. The zero-order valence-electron chi connectivity index (χ0n) is 10.6. The molecule has 0 N–H and O–H groups in total. The van der Waals surface area contributed by atoms with E-state index in [1.54, 1.807) is 0 Å². The summed E-state index contributed by atoms with van der Waals surface area (Å²) in [6.45, 7) is 6.63. The first-order valence-corrected chi connectivity index (χ1v) is 6.09. The van der Waals surface area contributed by atoms with Crippen LogP contribution in [0.5, 0.6) is 0 Å². The van der Waals surface area contributed by atoms with Crippen LogP contribution in [0, 0.1) is 0 Å². The van der Waals surface area contributed by atoms with Crippen LogP contribution in [0.2, 0.25) is 0 Å². The molecule has 1 aromatic carbocycles. The molecule has 3 heteroatoms. The molecule has 0 bridgehead atoms. The van der Waals surface area contributed by atoms with Crippen molar-refractivity contribution in [3.8, 4) is 0 Å². The molecule has 1 saturated heterocycles. The molecule has 1 aliphatic heterocycles. The zero-order valence-corrected chi connectivity index (χ0v) is 10.6. The molecule has 2 rings (SSSR count). The fourth-order valence-electron chi connectivity index (χ4n) is 2.30. The standard InChI is InChI=1S/C14H19NO2/c1-10(2)15-11(3)13(15)14(16)17-9-12-7-5-4-6-8-12/h4-8,10-11,13H,9H2,1-3H3/t11-,13-,15?/m0/s1. The number of carbonyl (C=O) groups excluding carboxylic acids is 1. The van der Waals surface area contributed by atoms with Crippen molar-refractivity contribution >= 4 is 5.97 Å². The van der Waals surface area contributed by atoms with Crippen molar-refractivity contribution in [2.24, 2.45) is 0 Å². The Kier molecular flexibility index (Phi) is 3.48.